The van der Waals surface area contributed by atoms with Gasteiger partial charge >= 0.3 is 0 Å². The average Bonchev–Trinajstić information content (AvgIpc) is 2.67. The van der Waals surface area contributed by atoms with Crippen molar-refractivity contribution in [2.45, 2.75) is 0 Å². The molecule has 0 bridgehead atoms. The van der Waals surface area contributed by atoms with Gasteiger partial charge in [-0.25, -0.2) is 0 Å². The Morgan fingerprint density at radius 1 is 0.542 bits per heavy atom. The summed E-state index contributed by atoms with van der Waals surface area (Å²) >= 11 is 0. The molecule has 0 aliphatic rings. The second-order valence-electron chi connectivity index (χ2n) is 5.72. The highest BCUT2D eigenvalue weighted by Crippen LogP contribution is 2.34. The zero-order valence-corrected chi connectivity index (χ0v) is 13.1. The van der Waals surface area contributed by atoms with Crippen LogP contribution in [-0.2, 0) is 4.79 Å². The number of carbonyl (C=O) groups excluding carboxylic acids is 1. The fourth-order valence-electron chi connectivity index (χ4n) is 3.21. The number of hydrogen-bond acceptors (Lipinski definition) is 1. The quantitative estimate of drug-likeness (QED) is 0.479. The lowest BCUT2D eigenvalue weighted by atomic mass is 9.90. The minimum Gasteiger partial charge on any atom is -0.285 e. The maximum absolute atomic E-state index is 11.8. The molecule has 0 aromatic heterocycles. The molecule has 4 rings (SSSR count). The molecule has 0 aliphatic heterocycles. The Bertz CT molecular complexity index is 1010. The van der Waals surface area contributed by atoms with Gasteiger partial charge in [-0.1, -0.05) is 91.0 Å². The molecule has 0 heterocycles. The fourth-order valence-corrected chi connectivity index (χ4v) is 3.21. The molecule has 0 saturated heterocycles. The summed E-state index contributed by atoms with van der Waals surface area (Å²) in [6, 6.07) is 30.4. The van der Waals surface area contributed by atoms with Crippen LogP contribution in [0.3, 0.4) is 0 Å². The standard InChI is InChI=1S/C23H15O/c24-16-23-20(17-8-2-1-3-9-17)13-7-15-22(23)21-14-6-11-18-10-4-5-12-19(18)21/h1-15H. The molecule has 4 aromatic rings. The highest BCUT2D eigenvalue weighted by atomic mass is 16.1. The van der Waals surface area contributed by atoms with Crippen LogP contribution in [0.15, 0.2) is 91.0 Å². The lowest BCUT2D eigenvalue weighted by molar-refractivity contribution is 0.563. The molecule has 1 nitrogen and oxygen atoms in total. The minimum absolute atomic E-state index is 0.611. The van der Waals surface area contributed by atoms with E-state index in [-0.39, 0.29) is 0 Å². The van der Waals surface area contributed by atoms with Crippen molar-refractivity contribution in [3.8, 4) is 22.3 Å². The third kappa shape index (κ3) is 2.40. The van der Waals surface area contributed by atoms with Crippen LogP contribution in [0.25, 0.3) is 33.0 Å². The van der Waals surface area contributed by atoms with Crippen molar-refractivity contribution in [1.29, 1.82) is 0 Å². The minimum atomic E-state index is 0.611. The van der Waals surface area contributed by atoms with Crippen molar-refractivity contribution in [3.05, 3.63) is 96.6 Å². The van der Waals surface area contributed by atoms with E-state index in [1.54, 1.807) is 0 Å². The van der Waals surface area contributed by atoms with Gasteiger partial charge in [0.1, 0.15) is 0 Å². The maximum atomic E-state index is 11.8. The van der Waals surface area contributed by atoms with E-state index in [0.717, 1.165) is 33.0 Å². The fraction of sp³-hybridized carbons (Fsp3) is 0. The summed E-state index contributed by atoms with van der Waals surface area (Å²) in [7, 11) is 0. The Balaban J connectivity index is 2.01. The molecule has 1 heteroatoms. The molecule has 0 unspecified atom stereocenters. The van der Waals surface area contributed by atoms with Gasteiger partial charge in [-0.2, -0.15) is 0 Å². The van der Waals surface area contributed by atoms with Gasteiger partial charge in [0.05, 0.1) is 0 Å². The van der Waals surface area contributed by atoms with Gasteiger partial charge in [0.2, 0.25) is 6.29 Å². The largest absolute Gasteiger partial charge is 0.285 e. The van der Waals surface area contributed by atoms with E-state index in [1.807, 2.05) is 66.7 Å². The average molecular weight is 307 g/mol. The Labute approximate surface area is 141 Å². The second-order valence-corrected chi connectivity index (χ2v) is 5.72. The Kier molecular flexibility index (Phi) is 3.68. The third-order valence-electron chi connectivity index (χ3n) is 4.33. The van der Waals surface area contributed by atoms with Crippen LogP contribution in [0.5, 0.6) is 0 Å². The smallest absolute Gasteiger partial charge is 0.234 e. The molecule has 0 N–H and O–H groups in total. The van der Waals surface area contributed by atoms with Crippen molar-refractivity contribution >= 4 is 17.1 Å². The molecule has 113 valence electrons. The zero-order chi connectivity index (χ0) is 16.4. The van der Waals surface area contributed by atoms with E-state index < -0.39 is 0 Å². The molecule has 24 heavy (non-hydrogen) atoms. The van der Waals surface area contributed by atoms with Gasteiger partial charge in [0, 0.05) is 5.56 Å². The summed E-state index contributed by atoms with van der Waals surface area (Å²) in [6.07, 6.45) is 2.18. The van der Waals surface area contributed by atoms with Crippen molar-refractivity contribution in [2.24, 2.45) is 0 Å². The van der Waals surface area contributed by atoms with E-state index in [9.17, 15) is 4.79 Å². The van der Waals surface area contributed by atoms with Crippen LogP contribution in [0.1, 0.15) is 5.56 Å². The molecule has 0 spiro atoms. The summed E-state index contributed by atoms with van der Waals surface area (Å²) in [5.74, 6) is 0. The van der Waals surface area contributed by atoms with Crippen LogP contribution >= 0.6 is 0 Å². The lowest BCUT2D eigenvalue weighted by Crippen LogP contribution is -1.93. The number of fused-ring (bicyclic) bond motifs is 1. The summed E-state index contributed by atoms with van der Waals surface area (Å²) in [5, 5.41) is 2.30. The lowest BCUT2D eigenvalue weighted by Gasteiger charge is -2.12. The summed E-state index contributed by atoms with van der Waals surface area (Å²) < 4.78 is 0. The first kappa shape index (κ1) is 14.4. The Morgan fingerprint density at radius 2 is 1.17 bits per heavy atom. The second kappa shape index (κ2) is 6.13. The van der Waals surface area contributed by atoms with E-state index in [2.05, 4.69) is 30.6 Å². The van der Waals surface area contributed by atoms with Gasteiger partial charge in [-0.05, 0) is 33.0 Å². The highest BCUT2D eigenvalue weighted by molar-refractivity contribution is 6.04. The molecule has 0 atom stereocenters. The normalized spacial score (nSPS) is 10.7. The van der Waals surface area contributed by atoms with Gasteiger partial charge in [0.25, 0.3) is 0 Å². The van der Waals surface area contributed by atoms with Gasteiger partial charge < -0.3 is 0 Å². The number of hydrogen-bond donors (Lipinski definition) is 0. The van der Waals surface area contributed by atoms with E-state index in [4.69, 9.17) is 0 Å². The summed E-state index contributed by atoms with van der Waals surface area (Å²) in [6.45, 7) is 0. The van der Waals surface area contributed by atoms with E-state index in [1.165, 1.54) is 0 Å². The van der Waals surface area contributed by atoms with Crippen LogP contribution in [-0.4, -0.2) is 6.29 Å². The first-order valence-corrected chi connectivity index (χ1v) is 7.93. The monoisotopic (exact) mass is 307 g/mol. The molecule has 4 aromatic carbocycles. The van der Waals surface area contributed by atoms with Crippen LogP contribution in [0.4, 0.5) is 0 Å². The molecule has 0 aliphatic carbocycles. The maximum Gasteiger partial charge on any atom is 0.234 e. The molecular formula is C23H15O. The van der Waals surface area contributed by atoms with Crippen LogP contribution < -0.4 is 0 Å². The van der Waals surface area contributed by atoms with E-state index in [0.29, 0.717) is 5.56 Å². The third-order valence-corrected chi connectivity index (χ3v) is 4.33. The first-order chi connectivity index (χ1) is 11.9. The summed E-state index contributed by atoms with van der Waals surface area (Å²) in [4.78, 5) is 11.8. The van der Waals surface area contributed by atoms with Gasteiger partial charge in [-0.15, -0.1) is 0 Å². The zero-order valence-electron chi connectivity index (χ0n) is 13.1. The predicted octanol–water partition coefficient (Wildman–Crippen LogP) is 5.63. The molecule has 0 saturated carbocycles. The molecule has 0 fully saturated rings. The van der Waals surface area contributed by atoms with Gasteiger partial charge in [0.15, 0.2) is 0 Å². The van der Waals surface area contributed by atoms with E-state index >= 15 is 0 Å². The first-order valence-electron chi connectivity index (χ1n) is 7.93. The van der Waals surface area contributed by atoms with Crippen LogP contribution in [0.2, 0.25) is 0 Å². The van der Waals surface area contributed by atoms with Crippen molar-refractivity contribution in [1.82, 2.24) is 0 Å². The predicted molar refractivity (Wildman–Crippen MR) is 99.6 cm³/mol. The molecule has 0 amide bonds. The summed E-state index contributed by atoms with van der Waals surface area (Å²) in [5.41, 5.74) is 4.53. The topological polar surface area (TPSA) is 17.1 Å². The van der Waals surface area contributed by atoms with Crippen molar-refractivity contribution in [2.75, 3.05) is 0 Å². The number of benzene rings is 4. The van der Waals surface area contributed by atoms with Crippen molar-refractivity contribution in [3.63, 3.8) is 0 Å². The van der Waals surface area contributed by atoms with Crippen LogP contribution in [0, 0.1) is 0 Å². The Morgan fingerprint density at radius 3 is 2.00 bits per heavy atom. The molecule has 1 radical (unpaired) electrons. The van der Waals surface area contributed by atoms with Crippen molar-refractivity contribution < 1.29 is 4.79 Å². The SMILES string of the molecule is O=[C]c1c(-c2ccccc2)cccc1-c1cccc2ccccc12. The Hall–Kier alpha value is -3.19. The molecular weight excluding hydrogens is 292 g/mol. The number of rotatable bonds is 3. The van der Waals surface area contributed by atoms with Gasteiger partial charge in [-0.3, -0.25) is 4.79 Å². The highest BCUT2D eigenvalue weighted by Gasteiger charge is 2.13.